The van der Waals surface area contributed by atoms with Crippen LogP contribution in [0.15, 0.2) is 18.5 Å². The third-order valence-corrected chi connectivity index (χ3v) is 3.26. The van der Waals surface area contributed by atoms with Gasteiger partial charge in [-0.25, -0.2) is 9.97 Å². The van der Waals surface area contributed by atoms with E-state index in [1.54, 1.807) is 12.4 Å². The Balaban J connectivity index is 2.70. The topological polar surface area (TPSA) is 51.8 Å². The SMILES string of the molecule is Cc1cc(C)c(C)c(-c2ncc(N)cn2)c1C. The van der Waals surface area contributed by atoms with Crippen LogP contribution in [0.1, 0.15) is 22.3 Å². The van der Waals surface area contributed by atoms with Gasteiger partial charge in [0.1, 0.15) is 0 Å². The number of nitrogens with zero attached hydrogens (tertiary/aromatic N) is 2. The van der Waals surface area contributed by atoms with Crippen LogP contribution < -0.4 is 5.73 Å². The summed E-state index contributed by atoms with van der Waals surface area (Å²) >= 11 is 0. The lowest BCUT2D eigenvalue weighted by Gasteiger charge is -2.13. The first kappa shape index (κ1) is 11.6. The van der Waals surface area contributed by atoms with Crippen molar-refractivity contribution in [2.24, 2.45) is 0 Å². The molecule has 2 rings (SSSR count). The van der Waals surface area contributed by atoms with Crippen LogP contribution in [0, 0.1) is 27.7 Å². The molecule has 0 spiro atoms. The maximum absolute atomic E-state index is 5.62. The Hall–Kier alpha value is -1.90. The summed E-state index contributed by atoms with van der Waals surface area (Å²) in [4.78, 5) is 8.63. The van der Waals surface area contributed by atoms with Crippen molar-refractivity contribution in [3.8, 4) is 11.4 Å². The van der Waals surface area contributed by atoms with Crippen molar-refractivity contribution in [3.05, 3.63) is 40.7 Å². The molecule has 0 saturated heterocycles. The van der Waals surface area contributed by atoms with Crippen LogP contribution in [0.2, 0.25) is 0 Å². The fourth-order valence-corrected chi connectivity index (χ4v) is 2.02. The van der Waals surface area contributed by atoms with Crippen molar-refractivity contribution in [1.82, 2.24) is 9.97 Å². The molecule has 0 unspecified atom stereocenters. The first-order chi connectivity index (χ1) is 8.00. The van der Waals surface area contributed by atoms with Crippen molar-refractivity contribution in [2.75, 3.05) is 5.73 Å². The van der Waals surface area contributed by atoms with E-state index in [-0.39, 0.29) is 0 Å². The fourth-order valence-electron chi connectivity index (χ4n) is 2.02. The number of aryl methyl sites for hydroxylation is 2. The third kappa shape index (κ3) is 2.00. The van der Waals surface area contributed by atoms with E-state index in [0.717, 1.165) is 11.4 Å². The minimum atomic E-state index is 0.591. The normalized spacial score (nSPS) is 10.6. The number of aromatic nitrogens is 2. The molecule has 0 bridgehead atoms. The summed E-state index contributed by atoms with van der Waals surface area (Å²) in [5.74, 6) is 0.751. The Morgan fingerprint density at radius 2 is 1.35 bits per heavy atom. The summed E-state index contributed by atoms with van der Waals surface area (Å²) in [7, 11) is 0. The van der Waals surface area contributed by atoms with E-state index in [1.165, 1.54) is 22.3 Å². The summed E-state index contributed by atoms with van der Waals surface area (Å²) in [6.07, 6.45) is 3.30. The van der Waals surface area contributed by atoms with Crippen LogP contribution in [-0.2, 0) is 0 Å². The molecule has 2 aromatic rings. The monoisotopic (exact) mass is 227 g/mol. The lowest BCUT2D eigenvalue weighted by atomic mass is 9.94. The molecule has 0 fully saturated rings. The van der Waals surface area contributed by atoms with Crippen LogP contribution in [0.5, 0.6) is 0 Å². The lowest BCUT2D eigenvalue weighted by molar-refractivity contribution is 1.14. The van der Waals surface area contributed by atoms with E-state index in [1.807, 2.05) is 0 Å². The molecule has 3 nitrogen and oxygen atoms in total. The molecule has 1 aromatic heterocycles. The Bertz CT molecular complexity index is 530. The Morgan fingerprint density at radius 3 is 1.82 bits per heavy atom. The standard InChI is InChI=1S/C14H17N3/c1-8-5-9(2)11(4)13(10(8)3)14-16-6-12(15)7-17-14/h5-7H,15H2,1-4H3. The van der Waals surface area contributed by atoms with Gasteiger partial charge in [0, 0.05) is 5.56 Å². The Kier molecular flexibility index (Phi) is 2.84. The van der Waals surface area contributed by atoms with Crippen LogP contribution in [-0.4, -0.2) is 9.97 Å². The highest BCUT2D eigenvalue weighted by atomic mass is 14.9. The average molecular weight is 227 g/mol. The van der Waals surface area contributed by atoms with Crippen LogP contribution in [0.3, 0.4) is 0 Å². The van der Waals surface area contributed by atoms with Gasteiger partial charge in [0.25, 0.3) is 0 Å². The molecule has 0 saturated carbocycles. The molecular formula is C14H17N3. The molecule has 0 aliphatic carbocycles. The maximum Gasteiger partial charge on any atom is 0.159 e. The first-order valence-corrected chi connectivity index (χ1v) is 5.66. The lowest BCUT2D eigenvalue weighted by Crippen LogP contribution is -1.99. The number of anilines is 1. The van der Waals surface area contributed by atoms with Gasteiger partial charge in [-0.05, 0) is 49.9 Å². The summed E-state index contributed by atoms with van der Waals surface area (Å²) in [5, 5.41) is 0. The highest BCUT2D eigenvalue weighted by Gasteiger charge is 2.12. The maximum atomic E-state index is 5.62. The second-order valence-electron chi connectivity index (χ2n) is 4.48. The van der Waals surface area contributed by atoms with Gasteiger partial charge in [-0.1, -0.05) is 6.07 Å². The van der Waals surface area contributed by atoms with Gasteiger partial charge in [-0.15, -0.1) is 0 Å². The number of hydrogen-bond acceptors (Lipinski definition) is 3. The zero-order valence-electron chi connectivity index (χ0n) is 10.7. The summed E-state index contributed by atoms with van der Waals surface area (Å²) in [6.45, 7) is 8.44. The van der Waals surface area contributed by atoms with E-state index in [0.29, 0.717) is 5.69 Å². The minimum absolute atomic E-state index is 0.591. The van der Waals surface area contributed by atoms with Gasteiger partial charge >= 0.3 is 0 Å². The molecule has 0 amide bonds. The number of nitrogen functional groups attached to an aromatic ring is 1. The molecule has 2 N–H and O–H groups in total. The smallest absolute Gasteiger partial charge is 0.159 e. The number of hydrogen-bond donors (Lipinski definition) is 1. The van der Waals surface area contributed by atoms with Gasteiger partial charge in [-0.3, -0.25) is 0 Å². The summed E-state index contributed by atoms with van der Waals surface area (Å²) in [6, 6.07) is 2.20. The second-order valence-corrected chi connectivity index (χ2v) is 4.48. The van der Waals surface area contributed by atoms with E-state index in [2.05, 4.69) is 43.7 Å². The van der Waals surface area contributed by atoms with E-state index in [4.69, 9.17) is 5.73 Å². The molecule has 1 aromatic carbocycles. The van der Waals surface area contributed by atoms with E-state index in [9.17, 15) is 0 Å². The molecule has 0 atom stereocenters. The highest BCUT2D eigenvalue weighted by molar-refractivity contribution is 5.68. The van der Waals surface area contributed by atoms with Gasteiger partial charge < -0.3 is 5.73 Å². The van der Waals surface area contributed by atoms with Gasteiger partial charge in [0.15, 0.2) is 5.82 Å². The van der Waals surface area contributed by atoms with Gasteiger partial charge in [-0.2, -0.15) is 0 Å². The van der Waals surface area contributed by atoms with Crippen LogP contribution in [0.4, 0.5) is 5.69 Å². The van der Waals surface area contributed by atoms with Crippen molar-refractivity contribution in [3.63, 3.8) is 0 Å². The molecule has 0 aliphatic rings. The predicted molar refractivity (Wildman–Crippen MR) is 70.8 cm³/mol. The van der Waals surface area contributed by atoms with Gasteiger partial charge in [0.05, 0.1) is 18.1 Å². The van der Waals surface area contributed by atoms with Crippen molar-refractivity contribution < 1.29 is 0 Å². The van der Waals surface area contributed by atoms with Crippen molar-refractivity contribution in [2.45, 2.75) is 27.7 Å². The first-order valence-electron chi connectivity index (χ1n) is 5.66. The Labute approximate surface area is 102 Å². The third-order valence-electron chi connectivity index (χ3n) is 3.26. The molecule has 17 heavy (non-hydrogen) atoms. The summed E-state index contributed by atoms with van der Waals surface area (Å²) in [5.41, 5.74) is 12.3. The van der Waals surface area contributed by atoms with E-state index < -0.39 is 0 Å². The van der Waals surface area contributed by atoms with Crippen LogP contribution in [0.25, 0.3) is 11.4 Å². The zero-order chi connectivity index (χ0) is 12.6. The molecule has 3 heteroatoms. The van der Waals surface area contributed by atoms with Crippen molar-refractivity contribution in [1.29, 1.82) is 0 Å². The quantitative estimate of drug-likeness (QED) is 0.814. The van der Waals surface area contributed by atoms with Crippen LogP contribution >= 0.6 is 0 Å². The zero-order valence-corrected chi connectivity index (χ0v) is 10.7. The second kappa shape index (κ2) is 4.17. The van der Waals surface area contributed by atoms with Crippen molar-refractivity contribution >= 4 is 5.69 Å². The number of rotatable bonds is 1. The predicted octanol–water partition coefficient (Wildman–Crippen LogP) is 2.96. The molecule has 0 radical (unpaired) electrons. The molecular weight excluding hydrogens is 210 g/mol. The molecule has 1 heterocycles. The average Bonchev–Trinajstić information content (AvgIpc) is 2.29. The molecule has 88 valence electrons. The largest absolute Gasteiger partial charge is 0.396 e. The van der Waals surface area contributed by atoms with E-state index >= 15 is 0 Å². The summed E-state index contributed by atoms with van der Waals surface area (Å²) < 4.78 is 0. The Morgan fingerprint density at radius 1 is 0.882 bits per heavy atom. The number of benzene rings is 1. The molecule has 0 aliphatic heterocycles. The highest BCUT2D eigenvalue weighted by Crippen LogP contribution is 2.29. The fraction of sp³-hybridized carbons (Fsp3) is 0.286. The van der Waals surface area contributed by atoms with Gasteiger partial charge in [0.2, 0.25) is 0 Å². The minimum Gasteiger partial charge on any atom is -0.396 e. The number of nitrogens with two attached hydrogens (primary N) is 1.